The van der Waals surface area contributed by atoms with Crippen LogP contribution in [0.4, 0.5) is 0 Å². The topological polar surface area (TPSA) is 123 Å². The van der Waals surface area contributed by atoms with Gasteiger partial charge < -0.3 is 5.32 Å². The van der Waals surface area contributed by atoms with Gasteiger partial charge in [0.05, 0.1) is 12.2 Å². The summed E-state index contributed by atoms with van der Waals surface area (Å²) in [5.74, 6) is -0.519. The molecule has 1 aromatic heterocycles. The Hall–Kier alpha value is -0.970. The molecule has 7 nitrogen and oxygen atoms in total. The molecule has 1 heterocycles. The fourth-order valence-electron chi connectivity index (χ4n) is 1.59. The van der Waals surface area contributed by atoms with Gasteiger partial charge in [-0.15, -0.1) is 11.3 Å². The molecule has 1 unspecified atom stereocenters. The van der Waals surface area contributed by atoms with Crippen LogP contribution in [-0.4, -0.2) is 40.8 Å². The van der Waals surface area contributed by atoms with Gasteiger partial charge in [0, 0.05) is 17.2 Å². The molecular formula is C10H16N2O5S3. The summed E-state index contributed by atoms with van der Waals surface area (Å²) >= 11 is 0.916. The zero-order valence-electron chi connectivity index (χ0n) is 11.0. The highest BCUT2D eigenvalue weighted by atomic mass is 32.2. The Balaban J connectivity index is 2.61. The van der Waals surface area contributed by atoms with Crippen molar-refractivity contribution in [3.8, 4) is 0 Å². The maximum atomic E-state index is 11.7. The molecule has 0 saturated heterocycles. The Labute approximate surface area is 122 Å². The Morgan fingerprint density at radius 3 is 2.40 bits per heavy atom. The van der Waals surface area contributed by atoms with Crippen LogP contribution in [0.5, 0.6) is 0 Å². The van der Waals surface area contributed by atoms with Crippen LogP contribution in [0.3, 0.4) is 0 Å². The zero-order chi connectivity index (χ0) is 15.6. The lowest BCUT2D eigenvalue weighted by Gasteiger charge is -2.12. The van der Waals surface area contributed by atoms with Crippen molar-refractivity contribution in [1.82, 2.24) is 5.32 Å². The summed E-state index contributed by atoms with van der Waals surface area (Å²) in [4.78, 5) is 12.2. The van der Waals surface area contributed by atoms with E-state index in [1.54, 1.807) is 6.92 Å². The van der Waals surface area contributed by atoms with Gasteiger partial charge in [-0.1, -0.05) is 0 Å². The van der Waals surface area contributed by atoms with E-state index in [9.17, 15) is 21.6 Å². The second kappa shape index (κ2) is 6.20. The van der Waals surface area contributed by atoms with Crippen molar-refractivity contribution in [1.29, 1.82) is 0 Å². The molecule has 0 radical (unpaired) electrons. The van der Waals surface area contributed by atoms with Crippen molar-refractivity contribution in [2.75, 3.05) is 12.0 Å². The van der Waals surface area contributed by atoms with E-state index < -0.39 is 25.9 Å². The van der Waals surface area contributed by atoms with Crippen LogP contribution in [0.25, 0.3) is 0 Å². The third-order valence-corrected chi connectivity index (χ3v) is 5.84. The van der Waals surface area contributed by atoms with E-state index in [-0.39, 0.29) is 22.3 Å². The van der Waals surface area contributed by atoms with Crippen LogP contribution < -0.4 is 10.5 Å². The van der Waals surface area contributed by atoms with Crippen LogP contribution in [0.15, 0.2) is 16.3 Å². The molecule has 0 aromatic carbocycles. The first-order valence-electron chi connectivity index (χ1n) is 5.56. The average molecular weight is 340 g/mol. The SMILES string of the molecule is CC(CS(C)(=O)=O)NC(=O)Cc1ccc(S(N)(=O)=O)s1. The van der Waals surface area contributed by atoms with Gasteiger partial charge in [0.15, 0.2) is 0 Å². The van der Waals surface area contributed by atoms with E-state index in [1.165, 1.54) is 12.1 Å². The van der Waals surface area contributed by atoms with Crippen molar-refractivity contribution in [3.63, 3.8) is 0 Å². The average Bonchev–Trinajstić information content (AvgIpc) is 2.61. The molecule has 0 fully saturated rings. The number of sulfonamides is 1. The number of hydrogen-bond donors (Lipinski definition) is 2. The smallest absolute Gasteiger partial charge is 0.247 e. The number of hydrogen-bond acceptors (Lipinski definition) is 6. The van der Waals surface area contributed by atoms with Gasteiger partial charge in [-0.3, -0.25) is 4.79 Å². The zero-order valence-corrected chi connectivity index (χ0v) is 13.4. The van der Waals surface area contributed by atoms with Crippen LogP contribution >= 0.6 is 11.3 Å². The quantitative estimate of drug-likeness (QED) is 0.722. The van der Waals surface area contributed by atoms with Crippen LogP contribution in [0.2, 0.25) is 0 Å². The van der Waals surface area contributed by atoms with E-state index in [4.69, 9.17) is 5.14 Å². The summed E-state index contributed by atoms with van der Waals surface area (Å²) in [6.45, 7) is 1.59. The highest BCUT2D eigenvalue weighted by molar-refractivity contribution is 7.91. The van der Waals surface area contributed by atoms with Gasteiger partial charge in [-0.05, 0) is 19.1 Å². The Morgan fingerprint density at radius 1 is 1.35 bits per heavy atom. The van der Waals surface area contributed by atoms with E-state index in [1.807, 2.05) is 0 Å². The normalized spacial score (nSPS) is 13.9. The van der Waals surface area contributed by atoms with Crippen molar-refractivity contribution in [2.24, 2.45) is 5.14 Å². The van der Waals surface area contributed by atoms with Crippen molar-refractivity contribution >= 4 is 37.1 Å². The molecule has 1 atom stereocenters. The first kappa shape index (κ1) is 17.1. The van der Waals surface area contributed by atoms with Gasteiger partial charge >= 0.3 is 0 Å². The lowest BCUT2D eigenvalue weighted by molar-refractivity contribution is -0.120. The highest BCUT2D eigenvalue weighted by Gasteiger charge is 2.16. The Kier molecular flexibility index (Phi) is 5.30. The number of nitrogens with one attached hydrogen (secondary N) is 1. The Morgan fingerprint density at radius 2 is 1.95 bits per heavy atom. The third-order valence-electron chi connectivity index (χ3n) is 2.21. The van der Waals surface area contributed by atoms with Crippen LogP contribution in [0.1, 0.15) is 11.8 Å². The number of rotatable bonds is 6. The van der Waals surface area contributed by atoms with Crippen LogP contribution in [-0.2, 0) is 31.1 Å². The minimum Gasteiger partial charge on any atom is -0.352 e. The summed E-state index contributed by atoms with van der Waals surface area (Å²) < 4.78 is 44.3. The summed E-state index contributed by atoms with van der Waals surface area (Å²) in [5.41, 5.74) is 0. The fraction of sp³-hybridized carbons (Fsp3) is 0.500. The highest BCUT2D eigenvalue weighted by Crippen LogP contribution is 2.20. The van der Waals surface area contributed by atoms with E-state index in [0.717, 1.165) is 17.6 Å². The van der Waals surface area contributed by atoms with Gasteiger partial charge in [0.2, 0.25) is 15.9 Å². The van der Waals surface area contributed by atoms with E-state index in [0.29, 0.717) is 4.88 Å². The monoisotopic (exact) mass is 340 g/mol. The van der Waals surface area contributed by atoms with Gasteiger partial charge in [0.1, 0.15) is 14.0 Å². The lowest BCUT2D eigenvalue weighted by Crippen LogP contribution is -2.38. The number of thiophene rings is 1. The fourth-order valence-corrected chi connectivity index (χ4v) is 4.35. The second-order valence-corrected chi connectivity index (χ2v) is 9.64. The van der Waals surface area contributed by atoms with Gasteiger partial charge in [-0.2, -0.15) is 0 Å². The lowest BCUT2D eigenvalue weighted by atomic mass is 10.3. The number of nitrogens with two attached hydrogens (primary N) is 1. The molecular weight excluding hydrogens is 324 g/mol. The van der Waals surface area contributed by atoms with E-state index >= 15 is 0 Å². The maximum absolute atomic E-state index is 11.7. The summed E-state index contributed by atoms with van der Waals surface area (Å²) in [6, 6.07) is 2.34. The third kappa shape index (κ3) is 5.99. The molecule has 1 aromatic rings. The molecule has 0 aliphatic heterocycles. The molecule has 0 saturated carbocycles. The number of sulfone groups is 1. The van der Waals surface area contributed by atoms with Gasteiger partial charge in [0.25, 0.3) is 0 Å². The maximum Gasteiger partial charge on any atom is 0.247 e. The number of primary sulfonamides is 1. The molecule has 3 N–H and O–H groups in total. The first-order valence-corrected chi connectivity index (χ1v) is 9.98. The molecule has 0 aliphatic rings. The standard InChI is InChI=1S/C10H16N2O5S3/c1-7(6-19(2,14)15)12-9(13)5-8-3-4-10(18-8)20(11,16)17/h3-4,7H,5-6H2,1-2H3,(H,12,13)(H2,11,16,17). The predicted molar refractivity (Wildman–Crippen MR) is 76.7 cm³/mol. The molecule has 0 bridgehead atoms. The largest absolute Gasteiger partial charge is 0.352 e. The molecule has 0 aliphatic carbocycles. The summed E-state index contributed by atoms with van der Waals surface area (Å²) in [7, 11) is -6.92. The number of carbonyl (C=O) groups excluding carboxylic acids is 1. The second-order valence-electron chi connectivity index (χ2n) is 4.50. The summed E-state index contributed by atoms with van der Waals surface area (Å²) in [6.07, 6.45) is 1.07. The first-order chi connectivity index (χ1) is 8.97. The predicted octanol–water partition coefficient (Wildman–Crippen LogP) is -0.513. The van der Waals surface area contributed by atoms with E-state index in [2.05, 4.69) is 5.32 Å². The van der Waals surface area contributed by atoms with Crippen LogP contribution in [0, 0.1) is 0 Å². The molecule has 10 heteroatoms. The molecule has 114 valence electrons. The van der Waals surface area contributed by atoms with Crippen molar-refractivity contribution < 1.29 is 21.6 Å². The van der Waals surface area contributed by atoms with Crippen molar-refractivity contribution in [2.45, 2.75) is 23.6 Å². The number of carbonyl (C=O) groups is 1. The molecule has 20 heavy (non-hydrogen) atoms. The molecule has 1 amide bonds. The number of amides is 1. The van der Waals surface area contributed by atoms with Gasteiger partial charge in [-0.25, -0.2) is 22.0 Å². The Bertz CT molecular complexity index is 690. The van der Waals surface area contributed by atoms with Crippen molar-refractivity contribution in [3.05, 3.63) is 17.0 Å². The summed E-state index contributed by atoms with van der Waals surface area (Å²) in [5, 5.41) is 7.51. The molecule has 0 spiro atoms. The minimum atomic E-state index is -3.76. The molecule has 1 rings (SSSR count). The minimum absolute atomic E-state index is 0.00974.